The minimum atomic E-state index is -0.710. The molecule has 0 saturated carbocycles. The van der Waals surface area contributed by atoms with Crippen molar-refractivity contribution in [2.45, 2.75) is 31.8 Å². The van der Waals surface area contributed by atoms with Crippen LogP contribution in [-0.4, -0.2) is 12.2 Å². The van der Waals surface area contributed by atoms with Gasteiger partial charge in [0.15, 0.2) is 0 Å². The monoisotopic (exact) mass is 283 g/mol. The summed E-state index contributed by atoms with van der Waals surface area (Å²) >= 11 is 0. The molecule has 110 valence electrons. The Balaban J connectivity index is 2.12. The summed E-state index contributed by atoms with van der Waals surface area (Å²) in [5.41, 5.74) is 7.61. The Morgan fingerprint density at radius 1 is 0.952 bits per heavy atom. The van der Waals surface area contributed by atoms with Gasteiger partial charge in [-0.15, -0.1) is 0 Å². The molecule has 0 fully saturated rings. The van der Waals surface area contributed by atoms with Crippen LogP contribution in [0.2, 0.25) is 0 Å². The van der Waals surface area contributed by atoms with Crippen LogP contribution in [0, 0.1) is 0 Å². The Bertz CT molecular complexity index is 514. The minimum Gasteiger partial charge on any atom is -0.447 e. The number of hydrogen-bond acceptors (Lipinski definition) is 2. The molecule has 1 unspecified atom stereocenters. The zero-order chi connectivity index (χ0) is 15.1. The van der Waals surface area contributed by atoms with Gasteiger partial charge in [0.05, 0.1) is 0 Å². The fraction of sp³-hybridized carbons (Fsp3) is 0.278. The largest absolute Gasteiger partial charge is 0.447 e. The Labute approximate surface area is 125 Å². The molecule has 2 N–H and O–H groups in total. The van der Waals surface area contributed by atoms with E-state index in [0.717, 1.165) is 12.8 Å². The summed E-state index contributed by atoms with van der Waals surface area (Å²) in [6, 6.07) is 20.8. The lowest BCUT2D eigenvalue weighted by molar-refractivity contribution is 0.109. The Morgan fingerprint density at radius 2 is 1.43 bits per heavy atom. The molecule has 0 spiro atoms. The molecular weight excluding hydrogens is 262 g/mol. The molecule has 0 aliphatic carbocycles. The van der Waals surface area contributed by atoms with E-state index in [9.17, 15) is 4.79 Å². The molecule has 1 atom stereocenters. The summed E-state index contributed by atoms with van der Waals surface area (Å²) in [5, 5.41) is 0. The van der Waals surface area contributed by atoms with E-state index in [1.54, 1.807) is 0 Å². The molecule has 0 aromatic heterocycles. The van der Waals surface area contributed by atoms with Crippen molar-refractivity contribution in [3.05, 3.63) is 71.8 Å². The summed E-state index contributed by atoms with van der Waals surface area (Å²) in [4.78, 5) is 10.8. The normalized spacial score (nSPS) is 12.1. The maximum absolute atomic E-state index is 10.8. The van der Waals surface area contributed by atoms with E-state index >= 15 is 0 Å². The maximum atomic E-state index is 10.8. The number of benzene rings is 2. The highest BCUT2D eigenvalue weighted by Crippen LogP contribution is 2.29. The van der Waals surface area contributed by atoms with Gasteiger partial charge in [-0.25, -0.2) is 4.79 Å². The zero-order valence-electron chi connectivity index (χ0n) is 12.2. The topological polar surface area (TPSA) is 52.3 Å². The van der Waals surface area contributed by atoms with Gasteiger partial charge in [0.1, 0.15) is 6.10 Å². The van der Waals surface area contributed by atoms with Crippen molar-refractivity contribution >= 4 is 6.09 Å². The molecular formula is C18H21NO2. The van der Waals surface area contributed by atoms with E-state index in [0.29, 0.717) is 5.92 Å². The average Bonchev–Trinajstić information content (AvgIpc) is 2.49. The van der Waals surface area contributed by atoms with Crippen molar-refractivity contribution in [1.82, 2.24) is 0 Å². The molecule has 21 heavy (non-hydrogen) atoms. The lowest BCUT2D eigenvalue weighted by atomic mass is 9.87. The Morgan fingerprint density at radius 3 is 1.86 bits per heavy atom. The van der Waals surface area contributed by atoms with Crippen LogP contribution >= 0.6 is 0 Å². The predicted octanol–water partition coefficient (Wildman–Crippen LogP) is 4.08. The molecule has 3 heteroatoms. The number of rotatable bonds is 6. The third-order valence-corrected chi connectivity index (χ3v) is 3.58. The molecule has 3 nitrogen and oxygen atoms in total. The van der Waals surface area contributed by atoms with E-state index in [-0.39, 0.29) is 6.10 Å². The van der Waals surface area contributed by atoms with Crippen molar-refractivity contribution in [2.24, 2.45) is 5.73 Å². The van der Waals surface area contributed by atoms with Crippen LogP contribution in [0.15, 0.2) is 60.7 Å². The van der Waals surface area contributed by atoms with Crippen LogP contribution in [0.5, 0.6) is 0 Å². The van der Waals surface area contributed by atoms with Gasteiger partial charge < -0.3 is 10.5 Å². The van der Waals surface area contributed by atoms with Crippen LogP contribution in [0.3, 0.4) is 0 Å². The van der Waals surface area contributed by atoms with Crippen molar-refractivity contribution in [1.29, 1.82) is 0 Å². The number of ether oxygens (including phenoxy) is 1. The van der Waals surface area contributed by atoms with Gasteiger partial charge in [-0.1, -0.05) is 60.7 Å². The SMILES string of the molecule is CC(CCC(c1ccccc1)c1ccccc1)OC(N)=O. The molecule has 2 rings (SSSR count). The van der Waals surface area contributed by atoms with E-state index in [1.165, 1.54) is 11.1 Å². The quantitative estimate of drug-likeness (QED) is 0.868. The van der Waals surface area contributed by atoms with Gasteiger partial charge in [-0.05, 0) is 30.9 Å². The van der Waals surface area contributed by atoms with Gasteiger partial charge in [0.2, 0.25) is 0 Å². The van der Waals surface area contributed by atoms with Crippen molar-refractivity contribution in [2.75, 3.05) is 0 Å². The maximum Gasteiger partial charge on any atom is 0.404 e. The summed E-state index contributed by atoms with van der Waals surface area (Å²) in [7, 11) is 0. The number of amides is 1. The van der Waals surface area contributed by atoms with Crippen LogP contribution in [0.1, 0.15) is 36.8 Å². The molecule has 2 aromatic rings. The first-order chi connectivity index (χ1) is 10.2. The smallest absolute Gasteiger partial charge is 0.404 e. The standard InChI is InChI=1S/C18H21NO2/c1-14(21-18(19)20)12-13-17(15-8-4-2-5-9-15)16-10-6-3-7-11-16/h2-11,14,17H,12-13H2,1H3,(H2,19,20). The van der Waals surface area contributed by atoms with Crippen molar-refractivity contribution in [3.8, 4) is 0 Å². The van der Waals surface area contributed by atoms with E-state index in [4.69, 9.17) is 10.5 Å². The Hall–Kier alpha value is -2.29. The van der Waals surface area contributed by atoms with Crippen LogP contribution in [0.25, 0.3) is 0 Å². The number of carbonyl (C=O) groups excluding carboxylic acids is 1. The zero-order valence-corrected chi connectivity index (χ0v) is 12.2. The summed E-state index contributed by atoms with van der Waals surface area (Å²) in [6.07, 6.45) is 0.802. The number of hydrogen-bond donors (Lipinski definition) is 1. The van der Waals surface area contributed by atoms with E-state index in [1.807, 2.05) is 19.1 Å². The lowest BCUT2D eigenvalue weighted by Crippen LogP contribution is -2.20. The van der Waals surface area contributed by atoms with Crippen LogP contribution in [0.4, 0.5) is 4.79 Å². The fourth-order valence-corrected chi connectivity index (χ4v) is 2.56. The van der Waals surface area contributed by atoms with Crippen molar-refractivity contribution < 1.29 is 9.53 Å². The van der Waals surface area contributed by atoms with Gasteiger partial charge >= 0.3 is 6.09 Å². The predicted molar refractivity (Wildman–Crippen MR) is 84.1 cm³/mol. The second-order valence-electron chi connectivity index (χ2n) is 5.20. The highest BCUT2D eigenvalue weighted by molar-refractivity contribution is 5.64. The molecule has 0 bridgehead atoms. The number of carbonyl (C=O) groups is 1. The summed E-state index contributed by atoms with van der Waals surface area (Å²) < 4.78 is 5.01. The minimum absolute atomic E-state index is 0.169. The lowest BCUT2D eigenvalue weighted by Gasteiger charge is -2.20. The second kappa shape index (κ2) is 7.48. The molecule has 0 aliphatic heterocycles. The average molecular weight is 283 g/mol. The molecule has 0 saturated heterocycles. The van der Waals surface area contributed by atoms with Crippen LogP contribution in [-0.2, 0) is 4.74 Å². The van der Waals surface area contributed by atoms with E-state index in [2.05, 4.69) is 48.5 Å². The van der Waals surface area contributed by atoms with Gasteiger partial charge in [-0.2, -0.15) is 0 Å². The third kappa shape index (κ3) is 4.63. The highest BCUT2D eigenvalue weighted by atomic mass is 16.6. The van der Waals surface area contributed by atoms with Crippen molar-refractivity contribution in [3.63, 3.8) is 0 Å². The third-order valence-electron chi connectivity index (χ3n) is 3.58. The first-order valence-corrected chi connectivity index (χ1v) is 7.23. The fourth-order valence-electron chi connectivity index (χ4n) is 2.56. The van der Waals surface area contributed by atoms with Gasteiger partial charge in [0, 0.05) is 5.92 Å². The first kappa shape index (κ1) is 15.1. The molecule has 0 heterocycles. The number of nitrogens with two attached hydrogens (primary N) is 1. The molecule has 0 radical (unpaired) electrons. The molecule has 0 aliphatic rings. The summed E-state index contributed by atoms with van der Waals surface area (Å²) in [6.45, 7) is 1.87. The summed E-state index contributed by atoms with van der Waals surface area (Å²) in [5.74, 6) is 0.298. The highest BCUT2D eigenvalue weighted by Gasteiger charge is 2.16. The van der Waals surface area contributed by atoms with Gasteiger partial charge in [0.25, 0.3) is 0 Å². The first-order valence-electron chi connectivity index (χ1n) is 7.23. The molecule has 1 amide bonds. The number of primary amides is 1. The van der Waals surface area contributed by atoms with Gasteiger partial charge in [-0.3, -0.25) is 0 Å². The Kier molecular flexibility index (Phi) is 5.38. The molecule has 2 aromatic carbocycles. The van der Waals surface area contributed by atoms with E-state index < -0.39 is 6.09 Å². The second-order valence-corrected chi connectivity index (χ2v) is 5.20. The van der Waals surface area contributed by atoms with Crippen LogP contribution < -0.4 is 5.73 Å².